The zero-order valence-corrected chi connectivity index (χ0v) is 14.2. The zero-order chi connectivity index (χ0) is 16.0. The van der Waals surface area contributed by atoms with Crippen LogP contribution in [0.15, 0.2) is 0 Å². The van der Waals surface area contributed by atoms with Gasteiger partial charge in [-0.2, -0.15) is 0 Å². The Morgan fingerprint density at radius 3 is 2.78 bits per heavy atom. The molecule has 0 unspecified atom stereocenters. The van der Waals surface area contributed by atoms with E-state index in [4.69, 9.17) is 0 Å². The summed E-state index contributed by atoms with van der Waals surface area (Å²) < 4.78 is 2.07. The lowest BCUT2D eigenvalue weighted by Crippen LogP contribution is -2.44. The van der Waals surface area contributed by atoms with Crippen LogP contribution in [0.2, 0.25) is 0 Å². The minimum absolute atomic E-state index is 0.00997. The molecule has 4 rings (SSSR count). The van der Waals surface area contributed by atoms with Gasteiger partial charge in [-0.25, -0.2) is 0 Å². The van der Waals surface area contributed by atoms with Gasteiger partial charge in [0.25, 0.3) is 0 Å². The quantitative estimate of drug-likeness (QED) is 0.915. The maximum Gasteiger partial charge on any atom is 0.239 e. The number of carbonyl (C=O) groups is 1. The summed E-state index contributed by atoms with van der Waals surface area (Å²) in [7, 11) is 3.90. The van der Waals surface area contributed by atoms with Crippen molar-refractivity contribution in [3.63, 3.8) is 0 Å². The molecule has 3 atom stereocenters. The van der Waals surface area contributed by atoms with Crippen molar-refractivity contribution >= 4 is 5.91 Å². The Morgan fingerprint density at radius 2 is 2.04 bits per heavy atom. The molecule has 1 aromatic rings. The van der Waals surface area contributed by atoms with Crippen molar-refractivity contribution in [2.45, 2.75) is 69.5 Å². The monoisotopic (exact) mass is 317 g/mol. The van der Waals surface area contributed by atoms with E-state index in [-0.39, 0.29) is 11.9 Å². The topological polar surface area (TPSA) is 63.1 Å². The molecule has 0 bridgehead atoms. The van der Waals surface area contributed by atoms with Gasteiger partial charge in [-0.15, -0.1) is 10.2 Å². The fourth-order valence-electron chi connectivity index (χ4n) is 4.28. The molecule has 6 nitrogen and oxygen atoms in total. The Labute approximate surface area is 137 Å². The Bertz CT molecular complexity index is 580. The Kier molecular flexibility index (Phi) is 3.87. The van der Waals surface area contributed by atoms with Gasteiger partial charge in [-0.05, 0) is 38.0 Å². The standard InChI is InChI=1S/C17H27N5O/c1-21(10-15-19-20-16(22(15)2)11-7-8-11)17(23)14-9-12-5-3-4-6-13(12)18-14/h11-14,18H,3-10H2,1-2H3/t12-,13+,14+/m1/s1. The molecule has 2 aliphatic carbocycles. The van der Waals surface area contributed by atoms with E-state index >= 15 is 0 Å². The van der Waals surface area contributed by atoms with Crippen LogP contribution in [-0.2, 0) is 18.4 Å². The number of nitrogens with zero attached hydrogens (tertiary/aromatic N) is 4. The first-order valence-corrected chi connectivity index (χ1v) is 9.02. The highest BCUT2D eigenvalue weighted by Gasteiger charge is 2.39. The molecule has 23 heavy (non-hydrogen) atoms. The first kappa shape index (κ1) is 15.1. The van der Waals surface area contributed by atoms with E-state index in [2.05, 4.69) is 20.1 Å². The average molecular weight is 317 g/mol. The van der Waals surface area contributed by atoms with Crippen LogP contribution >= 0.6 is 0 Å². The predicted molar refractivity (Wildman–Crippen MR) is 86.7 cm³/mol. The van der Waals surface area contributed by atoms with Gasteiger partial charge in [0, 0.05) is 26.1 Å². The summed E-state index contributed by atoms with van der Waals surface area (Å²) in [5, 5.41) is 12.2. The van der Waals surface area contributed by atoms with E-state index in [9.17, 15) is 4.79 Å². The van der Waals surface area contributed by atoms with E-state index in [1.54, 1.807) is 0 Å². The van der Waals surface area contributed by atoms with Crippen molar-refractivity contribution in [2.75, 3.05) is 7.05 Å². The molecule has 1 aromatic heterocycles. The Balaban J connectivity index is 1.38. The third kappa shape index (κ3) is 2.89. The average Bonchev–Trinajstić information content (AvgIpc) is 3.20. The fraction of sp³-hybridized carbons (Fsp3) is 0.824. The van der Waals surface area contributed by atoms with E-state index in [1.807, 2.05) is 19.0 Å². The lowest BCUT2D eigenvalue weighted by Gasteiger charge is -2.24. The zero-order valence-electron chi connectivity index (χ0n) is 14.2. The van der Waals surface area contributed by atoms with Crippen LogP contribution in [0.25, 0.3) is 0 Å². The van der Waals surface area contributed by atoms with Gasteiger partial charge in [0.05, 0.1) is 12.6 Å². The molecule has 3 fully saturated rings. The van der Waals surface area contributed by atoms with Crippen LogP contribution in [0.4, 0.5) is 0 Å². The summed E-state index contributed by atoms with van der Waals surface area (Å²) in [5.74, 6) is 3.45. The first-order chi connectivity index (χ1) is 11.1. The molecule has 6 heteroatoms. The second-order valence-electron chi connectivity index (χ2n) is 7.61. The van der Waals surface area contributed by atoms with Gasteiger partial charge in [-0.1, -0.05) is 12.8 Å². The number of nitrogens with one attached hydrogen (secondary N) is 1. The summed E-state index contributed by atoms with van der Waals surface area (Å²) in [5.41, 5.74) is 0. The van der Waals surface area contributed by atoms with Gasteiger partial charge >= 0.3 is 0 Å². The van der Waals surface area contributed by atoms with Crippen molar-refractivity contribution in [2.24, 2.45) is 13.0 Å². The van der Waals surface area contributed by atoms with Gasteiger partial charge < -0.3 is 14.8 Å². The van der Waals surface area contributed by atoms with Crippen molar-refractivity contribution in [1.82, 2.24) is 25.0 Å². The van der Waals surface area contributed by atoms with Crippen LogP contribution in [0.5, 0.6) is 0 Å². The lowest BCUT2D eigenvalue weighted by atomic mass is 9.85. The molecule has 1 amide bonds. The summed E-state index contributed by atoms with van der Waals surface area (Å²) >= 11 is 0. The fourth-order valence-corrected chi connectivity index (χ4v) is 4.28. The molecule has 1 N–H and O–H groups in total. The maximum absolute atomic E-state index is 12.8. The lowest BCUT2D eigenvalue weighted by molar-refractivity contribution is -0.132. The third-order valence-electron chi connectivity index (χ3n) is 5.86. The minimum atomic E-state index is -0.00997. The number of fused-ring (bicyclic) bond motifs is 1. The van der Waals surface area contributed by atoms with Gasteiger partial charge in [0.1, 0.15) is 5.82 Å². The second-order valence-corrected chi connectivity index (χ2v) is 7.61. The van der Waals surface area contributed by atoms with E-state index < -0.39 is 0 Å². The Morgan fingerprint density at radius 1 is 1.26 bits per heavy atom. The van der Waals surface area contributed by atoms with Gasteiger partial charge in [0.2, 0.25) is 5.91 Å². The molecule has 126 valence electrons. The second kappa shape index (κ2) is 5.89. The highest BCUT2D eigenvalue weighted by atomic mass is 16.2. The van der Waals surface area contributed by atoms with Crippen LogP contribution < -0.4 is 5.32 Å². The number of hydrogen-bond acceptors (Lipinski definition) is 4. The molecule has 2 heterocycles. The van der Waals surface area contributed by atoms with Gasteiger partial charge in [-0.3, -0.25) is 4.79 Å². The SMILES string of the molecule is CN(Cc1nnc(C2CC2)n1C)C(=O)[C@@H]1C[C@H]2CCCC[C@@H]2N1. The van der Waals surface area contributed by atoms with Gasteiger partial charge in [0.15, 0.2) is 5.82 Å². The molecule has 1 saturated heterocycles. The van der Waals surface area contributed by atoms with E-state index in [1.165, 1.54) is 38.5 Å². The molecule has 0 aromatic carbocycles. The normalized spacial score (nSPS) is 30.3. The maximum atomic E-state index is 12.8. The summed E-state index contributed by atoms with van der Waals surface area (Å²) in [6.45, 7) is 0.544. The number of likely N-dealkylation sites (N-methyl/N-ethyl adjacent to an activating group) is 1. The van der Waals surface area contributed by atoms with E-state index in [0.29, 0.717) is 24.4 Å². The number of carbonyl (C=O) groups excluding carboxylic acids is 1. The molecule has 2 saturated carbocycles. The highest BCUT2D eigenvalue weighted by Crippen LogP contribution is 2.39. The molecular weight excluding hydrogens is 290 g/mol. The van der Waals surface area contributed by atoms with Crippen molar-refractivity contribution < 1.29 is 4.79 Å². The van der Waals surface area contributed by atoms with Crippen molar-refractivity contribution in [1.29, 1.82) is 0 Å². The summed E-state index contributed by atoms with van der Waals surface area (Å²) in [4.78, 5) is 14.6. The summed E-state index contributed by atoms with van der Waals surface area (Å²) in [6, 6.07) is 0.548. The molecular formula is C17H27N5O. The van der Waals surface area contributed by atoms with Crippen molar-refractivity contribution in [3.8, 4) is 0 Å². The number of aromatic nitrogens is 3. The largest absolute Gasteiger partial charge is 0.337 e. The number of rotatable bonds is 4. The minimum Gasteiger partial charge on any atom is -0.337 e. The van der Waals surface area contributed by atoms with Crippen LogP contribution in [0.1, 0.15) is 62.5 Å². The number of amides is 1. The smallest absolute Gasteiger partial charge is 0.239 e. The molecule has 3 aliphatic rings. The van der Waals surface area contributed by atoms with Crippen LogP contribution in [0, 0.1) is 5.92 Å². The van der Waals surface area contributed by atoms with E-state index in [0.717, 1.165) is 18.1 Å². The molecule has 0 spiro atoms. The first-order valence-electron chi connectivity index (χ1n) is 9.02. The Hall–Kier alpha value is -1.43. The van der Waals surface area contributed by atoms with Crippen molar-refractivity contribution in [3.05, 3.63) is 11.6 Å². The number of hydrogen-bond donors (Lipinski definition) is 1. The highest BCUT2D eigenvalue weighted by molar-refractivity contribution is 5.82. The molecule has 1 aliphatic heterocycles. The third-order valence-corrected chi connectivity index (χ3v) is 5.86. The molecule has 0 radical (unpaired) electrons. The van der Waals surface area contributed by atoms with Crippen LogP contribution in [0.3, 0.4) is 0 Å². The van der Waals surface area contributed by atoms with Crippen LogP contribution in [-0.4, -0.2) is 44.7 Å². The summed E-state index contributed by atoms with van der Waals surface area (Å²) in [6.07, 6.45) is 8.56. The predicted octanol–water partition coefficient (Wildman–Crippen LogP) is 1.57.